The molecule has 0 aromatic carbocycles. The molecular formula is C22H24N6O4. The van der Waals surface area contributed by atoms with Crippen LogP contribution in [0.25, 0.3) is 5.52 Å². The van der Waals surface area contributed by atoms with Gasteiger partial charge in [-0.25, -0.2) is 19.3 Å². The van der Waals surface area contributed by atoms with Gasteiger partial charge in [0.1, 0.15) is 11.0 Å². The summed E-state index contributed by atoms with van der Waals surface area (Å²) in [5.41, 5.74) is -0.951. The predicted molar refractivity (Wildman–Crippen MR) is 115 cm³/mol. The number of carbonyl (C=O) groups excluding carboxylic acids is 1. The topological polar surface area (TPSA) is 125 Å². The Morgan fingerprint density at radius 2 is 2.31 bits per heavy atom. The summed E-state index contributed by atoms with van der Waals surface area (Å²) in [7, 11) is 4.97. The Balaban J connectivity index is 1.66. The van der Waals surface area contributed by atoms with Gasteiger partial charge in [0.2, 0.25) is 0 Å². The number of carbonyl (C=O) groups is 1. The first-order chi connectivity index (χ1) is 15.3. The van der Waals surface area contributed by atoms with E-state index < -0.39 is 23.1 Å². The van der Waals surface area contributed by atoms with Gasteiger partial charge in [0.15, 0.2) is 0 Å². The van der Waals surface area contributed by atoms with E-state index in [1.807, 2.05) is 14.1 Å². The second-order valence-corrected chi connectivity index (χ2v) is 8.21. The third-order valence-electron chi connectivity index (χ3n) is 5.68. The minimum atomic E-state index is -1.38. The summed E-state index contributed by atoms with van der Waals surface area (Å²) in [6.45, 7) is -0.0153. The van der Waals surface area contributed by atoms with Gasteiger partial charge in [-0.1, -0.05) is 12.2 Å². The van der Waals surface area contributed by atoms with Gasteiger partial charge in [-0.05, 0) is 24.6 Å². The number of aliphatic hydroxyl groups is 1. The minimum Gasteiger partial charge on any atom is -0.465 e. The number of aromatic nitrogens is 3. The standard InChI is InChI=1S/C22H24N6O4/c1-27(2)14-25-20-24-11-16-6-7-17(28(16)26-20)22(30)10-18(32-13-22)21(12-23)8-4-5-15(9-21)19(29)31-3/h4-7,9,11,14,18,30H,8,10,13H2,1-3H3/b25-14+/t18-,21+,22-/m0/s1. The summed E-state index contributed by atoms with van der Waals surface area (Å²) in [5.74, 6) is -0.270. The maximum Gasteiger partial charge on any atom is 0.337 e. The molecule has 1 fully saturated rings. The van der Waals surface area contributed by atoms with Gasteiger partial charge in [0.05, 0.1) is 55.2 Å². The van der Waals surface area contributed by atoms with E-state index in [9.17, 15) is 15.2 Å². The van der Waals surface area contributed by atoms with Gasteiger partial charge >= 0.3 is 5.97 Å². The van der Waals surface area contributed by atoms with Gasteiger partial charge in [0.25, 0.3) is 5.95 Å². The molecule has 3 atom stereocenters. The van der Waals surface area contributed by atoms with Crippen molar-refractivity contribution in [3.05, 3.63) is 47.8 Å². The average molecular weight is 436 g/mol. The van der Waals surface area contributed by atoms with E-state index in [-0.39, 0.29) is 19.0 Å². The smallest absolute Gasteiger partial charge is 0.337 e. The van der Waals surface area contributed by atoms with Crippen molar-refractivity contribution < 1.29 is 19.4 Å². The fourth-order valence-electron chi connectivity index (χ4n) is 4.03. The van der Waals surface area contributed by atoms with E-state index in [1.54, 1.807) is 52.3 Å². The summed E-state index contributed by atoms with van der Waals surface area (Å²) in [6.07, 6.45) is 8.09. The Hall–Kier alpha value is -3.55. The highest BCUT2D eigenvalue weighted by atomic mass is 16.5. The lowest BCUT2D eigenvalue weighted by atomic mass is 9.73. The summed E-state index contributed by atoms with van der Waals surface area (Å²) >= 11 is 0. The molecule has 1 aliphatic heterocycles. The highest BCUT2D eigenvalue weighted by Crippen LogP contribution is 2.45. The summed E-state index contributed by atoms with van der Waals surface area (Å²) in [6, 6.07) is 5.87. The predicted octanol–water partition coefficient (Wildman–Crippen LogP) is 1.50. The molecule has 1 aliphatic carbocycles. The van der Waals surface area contributed by atoms with E-state index in [0.717, 1.165) is 0 Å². The first-order valence-electron chi connectivity index (χ1n) is 10.1. The largest absolute Gasteiger partial charge is 0.465 e. The van der Waals surface area contributed by atoms with Crippen LogP contribution in [0.2, 0.25) is 0 Å². The van der Waals surface area contributed by atoms with Crippen LogP contribution in [0, 0.1) is 16.7 Å². The lowest BCUT2D eigenvalue weighted by molar-refractivity contribution is -0.135. The first-order valence-corrected chi connectivity index (χ1v) is 10.1. The van der Waals surface area contributed by atoms with Crippen LogP contribution in [0.3, 0.4) is 0 Å². The van der Waals surface area contributed by atoms with Crippen molar-refractivity contribution in [2.45, 2.75) is 24.5 Å². The molecule has 10 nitrogen and oxygen atoms in total. The molecule has 0 saturated carbocycles. The number of hydrogen-bond acceptors (Lipinski definition) is 8. The van der Waals surface area contributed by atoms with E-state index >= 15 is 0 Å². The van der Waals surface area contributed by atoms with Crippen LogP contribution >= 0.6 is 0 Å². The van der Waals surface area contributed by atoms with E-state index in [2.05, 4.69) is 21.1 Å². The molecule has 1 saturated heterocycles. The van der Waals surface area contributed by atoms with E-state index in [0.29, 0.717) is 23.2 Å². The number of hydrogen-bond donors (Lipinski definition) is 1. The van der Waals surface area contributed by atoms with Crippen LogP contribution in [-0.2, 0) is 19.9 Å². The molecule has 0 radical (unpaired) electrons. The molecule has 166 valence electrons. The summed E-state index contributed by atoms with van der Waals surface area (Å²) in [5, 5.41) is 25.9. The third kappa shape index (κ3) is 3.77. The zero-order valence-corrected chi connectivity index (χ0v) is 18.1. The number of esters is 1. The Morgan fingerprint density at radius 1 is 1.50 bits per heavy atom. The molecule has 32 heavy (non-hydrogen) atoms. The van der Waals surface area contributed by atoms with Crippen molar-refractivity contribution in [3.63, 3.8) is 0 Å². The van der Waals surface area contributed by atoms with E-state index in [1.165, 1.54) is 7.11 Å². The van der Waals surface area contributed by atoms with Crippen LogP contribution in [-0.4, -0.2) is 70.8 Å². The molecule has 1 N–H and O–H groups in total. The fourth-order valence-corrected chi connectivity index (χ4v) is 4.03. The molecule has 3 heterocycles. The number of nitrogens with zero attached hydrogens (tertiary/aromatic N) is 6. The van der Waals surface area contributed by atoms with Gasteiger partial charge in [-0.3, -0.25) is 0 Å². The zero-order valence-electron chi connectivity index (χ0n) is 18.1. The van der Waals surface area contributed by atoms with Crippen LogP contribution in [0.15, 0.2) is 47.1 Å². The van der Waals surface area contributed by atoms with Crippen molar-refractivity contribution in [1.29, 1.82) is 5.26 Å². The van der Waals surface area contributed by atoms with Crippen LogP contribution < -0.4 is 0 Å². The fraction of sp³-hybridized carbons (Fsp3) is 0.409. The molecule has 4 rings (SSSR count). The van der Waals surface area contributed by atoms with Crippen molar-refractivity contribution >= 4 is 23.8 Å². The van der Waals surface area contributed by atoms with Gasteiger partial charge in [0, 0.05) is 20.5 Å². The van der Waals surface area contributed by atoms with E-state index in [4.69, 9.17) is 9.47 Å². The van der Waals surface area contributed by atoms with Gasteiger partial charge in [-0.2, -0.15) is 5.26 Å². The van der Waals surface area contributed by atoms with Crippen LogP contribution in [0.1, 0.15) is 18.5 Å². The SMILES string of the molecule is COC(=O)C1=C[C@](C#N)([C@@H]2C[C@@](O)(c3ccc4cnc(/N=C/N(C)C)nn34)CO2)CC=C1. The van der Waals surface area contributed by atoms with Crippen LogP contribution in [0.5, 0.6) is 0 Å². The molecule has 2 aromatic heterocycles. The Bertz CT molecular complexity index is 1180. The summed E-state index contributed by atoms with van der Waals surface area (Å²) in [4.78, 5) is 22.2. The molecule has 2 aromatic rings. The van der Waals surface area contributed by atoms with Gasteiger partial charge < -0.3 is 19.5 Å². The zero-order chi connectivity index (χ0) is 22.9. The van der Waals surface area contributed by atoms with Crippen molar-refractivity contribution in [3.8, 4) is 6.07 Å². The Labute approximate surface area is 185 Å². The van der Waals surface area contributed by atoms with Crippen molar-refractivity contribution in [1.82, 2.24) is 19.5 Å². The maximum absolute atomic E-state index is 12.0. The highest BCUT2D eigenvalue weighted by Gasteiger charge is 2.51. The minimum absolute atomic E-state index is 0.0153. The second kappa shape index (κ2) is 8.18. The first kappa shape index (κ1) is 21.7. The number of allylic oxidation sites excluding steroid dienone is 1. The number of ether oxygens (including phenoxy) is 2. The third-order valence-corrected chi connectivity index (χ3v) is 5.68. The van der Waals surface area contributed by atoms with Crippen LogP contribution in [0.4, 0.5) is 5.95 Å². The van der Waals surface area contributed by atoms with Crippen molar-refractivity contribution in [2.75, 3.05) is 27.8 Å². The second-order valence-electron chi connectivity index (χ2n) is 8.21. The molecular weight excluding hydrogens is 412 g/mol. The quantitative estimate of drug-likeness (QED) is 0.425. The average Bonchev–Trinajstić information content (AvgIpc) is 3.41. The number of aliphatic imine (C=N–C) groups is 1. The van der Waals surface area contributed by atoms with Crippen molar-refractivity contribution in [2.24, 2.45) is 10.4 Å². The number of nitriles is 1. The highest BCUT2D eigenvalue weighted by molar-refractivity contribution is 5.92. The number of methoxy groups -OCH3 is 1. The lowest BCUT2D eigenvalue weighted by Gasteiger charge is -2.31. The molecule has 10 heteroatoms. The van der Waals surface area contributed by atoms with Gasteiger partial charge in [-0.15, -0.1) is 5.10 Å². The summed E-state index contributed by atoms with van der Waals surface area (Å²) < 4.78 is 12.3. The number of fused-ring (bicyclic) bond motifs is 1. The molecule has 0 amide bonds. The normalized spacial score (nSPS) is 27.5. The Morgan fingerprint density at radius 3 is 3.03 bits per heavy atom. The lowest BCUT2D eigenvalue weighted by Crippen LogP contribution is -2.35. The maximum atomic E-state index is 12.0. The molecule has 0 spiro atoms. The monoisotopic (exact) mass is 436 g/mol. The number of rotatable bonds is 5. The molecule has 0 bridgehead atoms. The molecule has 2 aliphatic rings. The Kier molecular flexibility index (Phi) is 5.54. The molecule has 0 unspecified atom stereocenters.